The van der Waals surface area contributed by atoms with Crippen molar-refractivity contribution in [1.29, 1.82) is 0 Å². The predicted molar refractivity (Wildman–Crippen MR) is 96.8 cm³/mol. The van der Waals surface area contributed by atoms with Gasteiger partial charge in [-0.15, -0.1) is 24.0 Å². The molecule has 116 valence electrons. The Labute approximate surface area is 141 Å². The number of nitrogens with two attached hydrogens (primary N) is 1. The minimum Gasteiger partial charge on any atom is -0.370 e. The van der Waals surface area contributed by atoms with Gasteiger partial charge < -0.3 is 16.0 Å². The number of aromatic nitrogens is 1. The van der Waals surface area contributed by atoms with Crippen molar-refractivity contribution in [1.82, 2.24) is 10.3 Å². The molecule has 1 aromatic heterocycles. The third-order valence-corrected chi connectivity index (χ3v) is 2.90. The van der Waals surface area contributed by atoms with Gasteiger partial charge in [0.05, 0.1) is 0 Å². The van der Waals surface area contributed by atoms with Crippen molar-refractivity contribution in [3.8, 4) is 0 Å². The molecule has 0 aliphatic heterocycles. The van der Waals surface area contributed by atoms with Gasteiger partial charge in [0.1, 0.15) is 5.82 Å². The van der Waals surface area contributed by atoms with Crippen LogP contribution in [0.5, 0.6) is 0 Å². The predicted octanol–water partition coefficient (Wildman–Crippen LogP) is 3.17. The Hall–Kier alpha value is -1.31. The smallest absolute Gasteiger partial charge is 0.188 e. The highest BCUT2D eigenvalue weighted by Crippen LogP contribution is 2.19. The van der Waals surface area contributed by atoms with Crippen LogP contribution in [-0.2, 0) is 6.42 Å². The molecule has 2 rings (SSSR count). The summed E-state index contributed by atoms with van der Waals surface area (Å²) >= 11 is 0. The summed E-state index contributed by atoms with van der Waals surface area (Å²) < 4.78 is 13.3. The summed E-state index contributed by atoms with van der Waals surface area (Å²) in [5.74, 6) is 0.208. The molecule has 21 heavy (non-hydrogen) atoms. The van der Waals surface area contributed by atoms with Crippen LogP contribution >= 0.6 is 24.0 Å². The number of aliphatic imine (C=N–C) groups is 1. The first-order chi connectivity index (χ1) is 9.35. The molecule has 0 fully saturated rings. The van der Waals surface area contributed by atoms with Gasteiger partial charge in [0.25, 0.3) is 0 Å². The number of nitrogens with zero attached hydrogens (tertiary/aromatic N) is 1. The minimum absolute atomic E-state index is 0. The van der Waals surface area contributed by atoms with Gasteiger partial charge in [0.15, 0.2) is 5.96 Å². The second kappa shape index (κ2) is 7.11. The number of nitrogens with one attached hydrogen (secondary N) is 2. The standard InChI is InChI=1S/C15H21FN4.HI/c1-15(2,3)20-14(17)18-7-6-10-9-19-13-5-4-11(16)8-12(10)13;/h4-5,8-9,19H,6-7H2,1-3H3,(H3,17,18,20);1H. The summed E-state index contributed by atoms with van der Waals surface area (Å²) in [4.78, 5) is 7.42. The van der Waals surface area contributed by atoms with Crippen molar-refractivity contribution < 1.29 is 4.39 Å². The first kappa shape index (κ1) is 17.7. The number of fused-ring (bicyclic) bond motifs is 1. The van der Waals surface area contributed by atoms with Crippen LogP contribution < -0.4 is 11.1 Å². The minimum atomic E-state index is -0.226. The zero-order valence-electron chi connectivity index (χ0n) is 12.5. The highest BCUT2D eigenvalue weighted by molar-refractivity contribution is 14.0. The van der Waals surface area contributed by atoms with Crippen molar-refractivity contribution in [3.63, 3.8) is 0 Å². The van der Waals surface area contributed by atoms with Crippen LogP contribution in [-0.4, -0.2) is 23.0 Å². The Bertz CT molecular complexity index is 628. The van der Waals surface area contributed by atoms with E-state index in [4.69, 9.17) is 5.73 Å². The van der Waals surface area contributed by atoms with Gasteiger partial charge in [-0.25, -0.2) is 4.39 Å². The third-order valence-electron chi connectivity index (χ3n) is 2.90. The van der Waals surface area contributed by atoms with Gasteiger partial charge in [-0.3, -0.25) is 4.99 Å². The first-order valence-electron chi connectivity index (χ1n) is 6.69. The average molecular weight is 404 g/mol. The van der Waals surface area contributed by atoms with Gasteiger partial charge >= 0.3 is 0 Å². The molecule has 0 unspecified atom stereocenters. The summed E-state index contributed by atoms with van der Waals surface area (Å²) in [7, 11) is 0. The number of benzene rings is 1. The van der Waals surface area contributed by atoms with E-state index in [1.54, 1.807) is 12.1 Å². The lowest BCUT2D eigenvalue weighted by Gasteiger charge is -2.20. The zero-order valence-corrected chi connectivity index (χ0v) is 14.9. The van der Waals surface area contributed by atoms with E-state index in [0.717, 1.165) is 22.9 Å². The molecule has 0 radical (unpaired) electrons. The molecule has 0 amide bonds. The lowest BCUT2D eigenvalue weighted by molar-refractivity contribution is 0.508. The van der Waals surface area contributed by atoms with Crippen LogP contribution in [0.4, 0.5) is 4.39 Å². The van der Waals surface area contributed by atoms with Gasteiger partial charge in [-0.2, -0.15) is 0 Å². The Morgan fingerprint density at radius 1 is 1.38 bits per heavy atom. The highest BCUT2D eigenvalue weighted by atomic mass is 127. The second-order valence-corrected chi connectivity index (χ2v) is 5.90. The van der Waals surface area contributed by atoms with E-state index < -0.39 is 0 Å². The molecule has 0 spiro atoms. The molecular weight excluding hydrogens is 382 g/mol. The Balaban J connectivity index is 0.00000220. The molecule has 0 aliphatic rings. The van der Waals surface area contributed by atoms with Gasteiger partial charge in [0.2, 0.25) is 0 Å². The van der Waals surface area contributed by atoms with E-state index in [0.29, 0.717) is 12.5 Å². The summed E-state index contributed by atoms with van der Waals surface area (Å²) in [6.45, 7) is 6.64. The fourth-order valence-corrected chi connectivity index (χ4v) is 2.08. The van der Waals surface area contributed by atoms with Crippen LogP contribution in [0.15, 0.2) is 29.4 Å². The molecule has 2 aromatic rings. The SMILES string of the molecule is CC(C)(C)NC(N)=NCCc1c[nH]c2ccc(F)cc12.I. The summed E-state index contributed by atoms with van der Waals surface area (Å²) in [6, 6.07) is 4.74. The zero-order chi connectivity index (χ0) is 14.8. The third kappa shape index (κ3) is 5.18. The molecule has 1 heterocycles. The fourth-order valence-electron chi connectivity index (χ4n) is 2.08. The molecule has 4 nitrogen and oxygen atoms in total. The van der Waals surface area contributed by atoms with Crippen LogP contribution in [0.1, 0.15) is 26.3 Å². The maximum atomic E-state index is 13.3. The Morgan fingerprint density at radius 2 is 2.10 bits per heavy atom. The molecule has 1 aromatic carbocycles. The number of guanidine groups is 1. The Kier molecular flexibility index (Phi) is 6.00. The van der Waals surface area contributed by atoms with E-state index in [9.17, 15) is 4.39 Å². The summed E-state index contributed by atoms with van der Waals surface area (Å²) in [6.07, 6.45) is 2.61. The van der Waals surface area contributed by atoms with Crippen molar-refractivity contribution in [2.45, 2.75) is 32.7 Å². The van der Waals surface area contributed by atoms with E-state index >= 15 is 0 Å². The largest absolute Gasteiger partial charge is 0.370 e. The number of rotatable bonds is 3. The monoisotopic (exact) mass is 404 g/mol. The number of aromatic amines is 1. The van der Waals surface area contributed by atoms with Gasteiger partial charge in [0, 0.05) is 29.2 Å². The second-order valence-electron chi connectivity index (χ2n) is 5.90. The highest BCUT2D eigenvalue weighted by Gasteiger charge is 2.09. The summed E-state index contributed by atoms with van der Waals surface area (Å²) in [5, 5.41) is 4.01. The van der Waals surface area contributed by atoms with Crippen molar-refractivity contribution in [2.75, 3.05) is 6.54 Å². The van der Waals surface area contributed by atoms with Crippen molar-refractivity contribution in [2.24, 2.45) is 10.7 Å². The summed E-state index contributed by atoms with van der Waals surface area (Å²) in [5.41, 5.74) is 7.69. The van der Waals surface area contributed by atoms with Crippen LogP contribution in [0.3, 0.4) is 0 Å². The van der Waals surface area contributed by atoms with Crippen molar-refractivity contribution >= 4 is 40.8 Å². The number of hydrogen-bond donors (Lipinski definition) is 3. The van der Waals surface area contributed by atoms with Gasteiger partial charge in [-0.1, -0.05) is 0 Å². The lowest BCUT2D eigenvalue weighted by atomic mass is 10.1. The molecule has 0 bridgehead atoms. The normalized spacial score (nSPS) is 12.3. The van der Waals surface area contributed by atoms with E-state index in [-0.39, 0.29) is 35.3 Å². The van der Waals surface area contributed by atoms with Crippen LogP contribution in [0.2, 0.25) is 0 Å². The number of halogens is 2. The van der Waals surface area contributed by atoms with Crippen LogP contribution in [0, 0.1) is 5.82 Å². The average Bonchev–Trinajstić information content (AvgIpc) is 2.69. The maximum absolute atomic E-state index is 13.3. The lowest BCUT2D eigenvalue weighted by Crippen LogP contribution is -2.45. The molecule has 0 atom stereocenters. The van der Waals surface area contributed by atoms with E-state index in [1.807, 2.05) is 27.0 Å². The fraction of sp³-hybridized carbons (Fsp3) is 0.400. The van der Waals surface area contributed by atoms with Crippen LogP contribution in [0.25, 0.3) is 10.9 Å². The maximum Gasteiger partial charge on any atom is 0.188 e. The van der Waals surface area contributed by atoms with Gasteiger partial charge in [-0.05, 0) is 51.0 Å². The molecule has 6 heteroatoms. The number of hydrogen-bond acceptors (Lipinski definition) is 1. The molecular formula is C15H22FIN4. The molecule has 0 aliphatic carbocycles. The van der Waals surface area contributed by atoms with E-state index in [1.165, 1.54) is 6.07 Å². The molecule has 0 saturated carbocycles. The quantitative estimate of drug-likeness (QED) is 0.418. The molecule has 4 N–H and O–H groups in total. The van der Waals surface area contributed by atoms with E-state index in [2.05, 4.69) is 15.3 Å². The topological polar surface area (TPSA) is 66.2 Å². The number of H-pyrrole nitrogens is 1. The van der Waals surface area contributed by atoms with Crippen molar-refractivity contribution in [3.05, 3.63) is 35.8 Å². The first-order valence-corrected chi connectivity index (χ1v) is 6.69. The Morgan fingerprint density at radius 3 is 2.76 bits per heavy atom. The molecule has 0 saturated heterocycles.